The monoisotopic (exact) mass is 310 g/mol. The van der Waals surface area contributed by atoms with Crippen LogP contribution >= 0.6 is 11.3 Å². The molecule has 0 saturated carbocycles. The Morgan fingerprint density at radius 2 is 2.05 bits per heavy atom. The number of imide groups is 1. The maximum atomic E-state index is 11.8. The van der Waals surface area contributed by atoms with Crippen LogP contribution in [0.1, 0.15) is 28.7 Å². The van der Waals surface area contributed by atoms with Crippen molar-refractivity contribution in [3.8, 4) is 0 Å². The maximum absolute atomic E-state index is 11.8. The second-order valence-electron chi connectivity index (χ2n) is 4.85. The number of ether oxygens (including phenoxy) is 1. The smallest absolute Gasteiger partial charge is 0.240 e. The highest BCUT2D eigenvalue weighted by Gasteiger charge is 2.30. The lowest BCUT2D eigenvalue weighted by molar-refractivity contribution is -0.142. The lowest BCUT2D eigenvalue weighted by Crippen LogP contribution is -2.41. The fourth-order valence-corrected chi connectivity index (χ4v) is 3.09. The number of amides is 3. The molecule has 0 radical (unpaired) electrons. The Hall–Kier alpha value is -1.73. The van der Waals surface area contributed by atoms with Crippen molar-refractivity contribution in [1.82, 2.24) is 10.2 Å². The van der Waals surface area contributed by atoms with E-state index in [4.69, 9.17) is 4.74 Å². The van der Waals surface area contributed by atoms with Crippen LogP contribution in [0.15, 0.2) is 12.1 Å². The van der Waals surface area contributed by atoms with Gasteiger partial charge < -0.3 is 10.1 Å². The average Bonchev–Trinajstić information content (AvgIpc) is 3.00. The Morgan fingerprint density at radius 3 is 2.57 bits per heavy atom. The number of aryl methyl sites for hydroxylation is 1. The third kappa shape index (κ3) is 3.89. The minimum atomic E-state index is -0.353. The Labute approximate surface area is 127 Å². The number of likely N-dealkylation sites (tertiary alicyclic amines) is 1. The van der Waals surface area contributed by atoms with Crippen molar-refractivity contribution in [3.63, 3.8) is 0 Å². The van der Waals surface area contributed by atoms with E-state index in [1.165, 1.54) is 4.88 Å². The zero-order valence-electron chi connectivity index (χ0n) is 12.0. The summed E-state index contributed by atoms with van der Waals surface area (Å²) in [6.07, 6.45) is 0.167. The highest BCUT2D eigenvalue weighted by atomic mass is 32.1. The van der Waals surface area contributed by atoms with Crippen LogP contribution in [0.2, 0.25) is 0 Å². The van der Waals surface area contributed by atoms with Gasteiger partial charge in [0.05, 0.1) is 0 Å². The molecular formula is C14H18N2O4S. The van der Waals surface area contributed by atoms with E-state index in [1.807, 2.05) is 19.1 Å². The molecule has 1 aliphatic heterocycles. The Kier molecular flexibility index (Phi) is 5.08. The molecule has 1 saturated heterocycles. The van der Waals surface area contributed by atoms with E-state index in [0.717, 1.165) is 9.78 Å². The van der Waals surface area contributed by atoms with Crippen LogP contribution < -0.4 is 5.32 Å². The molecule has 0 bridgehead atoms. The normalized spacial score (nSPS) is 16.4. The first-order valence-corrected chi connectivity index (χ1v) is 7.52. The first-order chi connectivity index (χ1) is 10.0. The van der Waals surface area contributed by atoms with Crippen molar-refractivity contribution in [2.45, 2.75) is 25.9 Å². The molecule has 1 N–H and O–H groups in total. The number of hydrogen-bond donors (Lipinski definition) is 1. The van der Waals surface area contributed by atoms with Gasteiger partial charge in [0, 0.05) is 36.3 Å². The van der Waals surface area contributed by atoms with E-state index in [1.54, 1.807) is 18.4 Å². The zero-order valence-corrected chi connectivity index (χ0v) is 12.9. The molecule has 1 aromatic heterocycles. The van der Waals surface area contributed by atoms with E-state index in [-0.39, 0.29) is 43.2 Å². The first-order valence-electron chi connectivity index (χ1n) is 6.70. The lowest BCUT2D eigenvalue weighted by atomic mass is 10.3. The van der Waals surface area contributed by atoms with Crippen LogP contribution in [0.3, 0.4) is 0 Å². The minimum absolute atomic E-state index is 0.196. The van der Waals surface area contributed by atoms with Gasteiger partial charge in [-0.15, -0.1) is 11.3 Å². The molecule has 1 aliphatic rings. The summed E-state index contributed by atoms with van der Waals surface area (Å²) in [5.74, 6) is -0.923. The molecule has 7 heteroatoms. The molecule has 0 aromatic carbocycles. The maximum Gasteiger partial charge on any atom is 0.240 e. The number of thiophene rings is 1. The fraction of sp³-hybridized carbons (Fsp3) is 0.500. The van der Waals surface area contributed by atoms with Gasteiger partial charge in [-0.2, -0.15) is 0 Å². The third-order valence-electron chi connectivity index (χ3n) is 3.30. The minimum Gasteiger partial charge on any atom is -0.374 e. The third-order valence-corrected chi connectivity index (χ3v) is 4.40. The van der Waals surface area contributed by atoms with Crippen molar-refractivity contribution >= 4 is 29.1 Å². The molecule has 3 amide bonds. The predicted octanol–water partition coefficient (Wildman–Crippen LogP) is 1.01. The Morgan fingerprint density at radius 1 is 1.38 bits per heavy atom. The van der Waals surface area contributed by atoms with Crippen molar-refractivity contribution < 1.29 is 19.1 Å². The Bertz CT molecular complexity index is 539. The molecule has 0 spiro atoms. The van der Waals surface area contributed by atoms with Gasteiger partial charge in [0.15, 0.2) is 0 Å². The molecule has 1 atom stereocenters. The van der Waals surface area contributed by atoms with E-state index < -0.39 is 0 Å². The van der Waals surface area contributed by atoms with E-state index in [2.05, 4.69) is 5.32 Å². The molecule has 114 valence electrons. The molecule has 1 fully saturated rings. The van der Waals surface area contributed by atoms with E-state index in [0.29, 0.717) is 6.54 Å². The SMILES string of the molecule is CO[C@@H](CNC(=O)CN1C(=O)CCC1=O)c1ccc(C)s1. The van der Waals surface area contributed by atoms with Crippen molar-refractivity contribution in [3.05, 3.63) is 21.9 Å². The largest absolute Gasteiger partial charge is 0.374 e. The summed E-state index contributed by atoms with van der Waals surface area (Å²) in [5, 5.41) is 2.71. The van der Waals surface area contributed by atoms with Gasteiger partial charge in [-0.3, -0.25) is 19.3 Å². The van der Waals surface area contributed by atoms with Crippen LogP contribution in [0.5, 0.6) is 0 Å². The summed E-state index contributed by atoms with van der Waals surface area (Å²) < 4.78 is 5.36. The molecule has 2 rings (SSSR count). The number of nitrogens with one attached hydrogen (secondary N) is 1. The fourth-order valence-electron chi connectivity index (χ4n) is 2.13. The zero-order chi connectivity index (χ0) is 15.4. The van der Waals surface area contributed by atoms with Crippen LogP contribution in [-0.4, -0.2) is 42.8 Å². The molecule has 2 heterocycles. The summed E-state index contributed by atoms with van der Waals surface area (Å²) in [6, 6.07) is 3.96. The number of rotatable bonds is 6. The molecule has 1 aromatic rings. The molecular weight excluding hydrogens is 292 g/mol. The van der Waals surface area contributed by atoms with Gasteiger partial charge in [-0.05, 0) is 19.1 Å². The lowest BCUT2D eigenvalue weighted by Gasteiger charge is -2.17. The van der Waals surface area contributed by atoms with E-state index in [9.17, 15) is 14.4 Å². The predicted molar refractivity (Wildman–Crippen MR) is 77.8 cm³/mol. The van der Waals surface area contributed by atoms with Crippen LogP contribution in [0, 0.1) is 6.92 Å². The molecule has 6 nitrogen and oxygen atoms in total. The quantitative estimate of drug-likeness (QED) is 0.796. The van der Waals surface area contributed by atoms with Crippen molar-refractivity contribution in [1.29, 1.82) is 0 Å². The van der Waals surface area contributed by atoms with Gasteiger partial charge in [0.1, 0.15) is 12.6 Å². The standard InChI is InChI=1S/C14H18N2O4S/c1-9-3-4-11(21-9)10(20-2)7-15-12(17)8-16-13(18)5-6-14(16)19/h3-4,10H,5-8H2,1-2H3,(H,15,17)/t10-/m0/s1. The highest BCUT2D eigenvalue weighted by Crippen LogP contribution is 2.24. The second-order valence-corrected chi connectivity index (χ2v) is 6.17. The van der Waals surface area contributed by atoms with Gasteiger partial charge in [0.2, 0.25) is 17.7 Å². The number of carbonyl (C=O) groups is 3. The van der Waals surface area contributed by atoms with Crippen molar-refractivity contribution in [2.75, 3.05) is 20.2 Å². The number of carbonyl (C=O) groups excluding carboxylic acids is 3. The summed E-state index contributed by atoms with van der Waals surface area (Å²) in [5.41, 5.74) is 0. The van der Waals surface area contributed by atoms with Crippen LogP contribution in [0.4, 0.5) is 0 Å². The van der Waals surface area contributed by atoms with Gasteiger partial charge in [0.25, 0.3) is 0 Å². The molecule has 0 aliphatic carbocycles. The van der Waals surface area contributed by atoms with Crippen LogP contribution in [0.25, 0.3) is 0 Å². The van der Waals surface area contributed by atoms with Gasteiger partial charge in [-0.1, -0.05) is 0 Å². The topological polar surface area (TPSA) is 75.7 Å². The second kappa shape index (κ2) is 6.82. The average molecular weight is 310 g/mol. The van der Waals surface area contributed by atoms with Crippen molar-refractivity contribution in [2.24, 2.45) is 0 Å². The summed E-state index contributed by atoms with van der Waals surface area (Å²) in [4.78, 5) is 37.9. The number of hydrogen-bond acceptors (Lipinski definition) is 5. The number of nitrogens with zero attached hydrogens (tertiary/aromatic N) is 1. The highest BCUT2D eigenvalue weighted by molar-refractivity contribution is 7.12. The summed E-state index contributed by atoms with van der Waals surface area (Å²) >= 11 is 1.61. The van der Waals surface area contributed by atoms with Gasteiger partial charge >= 0.3 is 0 Å². The molecule has 0 unspecified atom stereocenters. The van der Waals surface area contributed by atoms with Crippen LogP contribution in [-0.2, 0) is 19.1 Å². The summed E-state index contributed by atoms with van der Waals surface area (Å²) in [6.45, 7) is 2.10. The number of methoxy groups -OCH3 is 1. The van der Waals surface area contributed by atoms with E-state index >= 15 is 0 Å². The first kappa shape index (κ1) is 15.7. The Balaban J connectivity index is 1.85. The molecule has 21 heavy (non-hydrogen) atoms. The van der Waals surface area contributed by atoms with Gasteiger partial charge in [-0.25, -0.2) is 0 Å². The summed E-state index contributed by atoms with van der Waals surface area (Å²) in [7, 11) is 1.58.